The summed E-state index contributed by atoms with van der Waals surface area (Å²) < 4.78 is 0. The zero-order valence-electron chi connectivity index (χ0n) is 14.6. The van der Waals surface area contributed by atoms with Crippen LogP contribution in [0.4, 0.5) is 0 Å². The third-order valence-electron chi connectivity index (χ3n) is 4.13. The van der Waals surface area contributed by atoms with Crippen molar-refractivity contribution in [3.05, 3.63) is 34.9 Å². The van der Waals surface area contributed by atoms with Crippen LogP contribution < -0.4 is 5.32 Å². The summed E-state index contributed by atoms with van der Waals surface area (Å²) in [5.74, 6) is 0.832. The molecule has 2 rings (SSSR count). The number of benzene rings is 1. The second kappa shape index (κ2) is 9.52. The topological polar surface area (TPSA) is 47.9 Å². The SMILES string of the molecule is CCNC(=NCC(=O)N1CCCCC1)N(C)Cc1ccccc1Cl. The van der Waals surface area contributed by atoms with Gasteiger partial charge < -0.3 is 15.1 Å². The minimum atomic E-state index is 0.108. The third kappa shape index (κ3) is 5.41. The number of hydrogen-bond acceptors (Lipinski definition) is 2. The highest BCUT2D eigenvalue weighted by Crippen LogP contribution is 2.16. The fourth-order valence-electron chi connectivity index (χ4n) is 2.81. The van der Waals surface area contributed by atoms with Crippen LogP contribution in [0.25, 0.3) is 0 Å². The van der Waals surface area contributed by atoms with Gasteiger partial charge in [0.25, 0.3) is 0 Å². The highest BCUT2D eigenvalue weighted by Gasteiger charge is 2.16. The van der Waals surface area contributed by atoms with Crippen LogP contribution in [0.1, 0.15) is 31.7 Å². The van der Waals surface area contributed by atoms with E-state index in [9.17, 15) is 4.79 Å². The fraction of sp³-hybridized carbons (Fsp3) is 0.556. The molecule has 6 heteroatoms. The van der Waals surface area contributed by atoms with E-state index in [1.165, 1.54) is 6.42 Å². The Bertz CT molecular complexity index is 570. The van der Waals surface area contributed by atoms with Gasteiger partial charge in [0.15, 0.2) is 5.96 Å². The van der Waals surface area contributed by atoms with Gasteiger partial charge in [-0.1, -0.05) is 29.8 Å². The first-order chi connectivity index (χ1) is 11.6. The zero-order chi connectivity index (χ0) is 17.4. The Morgan fingerprint density at radius 1 is 1.29 bits per heavy atom. The number of aliphatic imine (C=N–C) groups is 1. The number of halogens is 1. The lowest BCUT2D eigenvalue weighted by Gasteiger charge is -2.27. The Balaban J connectivity index is 1.98. The Morgan fingerprint density at radius 2 is 2.00 bits per heavy atom. The van der Waals surface area contributed by atoms with E-state index in [1.54, 1.807) is 0 Å². The molecule has 0 aliphatic carbocycles. The molecule has 0 radical (unpaired) electrons. The number of amides is 1. The number of piperidine rings is 1. The van der Waals surface area contributed by atoms with Gasteiger partial charge in [0.05, 0.1) is 0 Å². The lowest BCUT2D eigenvalue weighted by Crippen LogP contribution is -2.41. The van der Waals surface area contributed by atoms with Crippen molar-refractivity contribution >= 4 is 23.5 Å². The van der Waals surface area contributed by atoms with Crippen LogP contribution in [0.5, 0.6) is 0 Å². The van der Waals surface area contributed by atoms with Crippen LogP contribution in [-0.2, 0) is 11.3 Å². The third-order valence-corrected chi connectivity index (χ3v) is 4.50. The van der Waals surface area contributed by atoms with Gasteiger partial charge in [0, 0.05) is 38.2 Å². The summed E-state index contributed by atoms with van der Waals surface area (Å²) in [5, 5.41) is 3.98. The number of guanidine groups is 1. The molecular formula is C18H27ClN4O. The van der Waals surface area contributed by atoms with E-state index >= 15 is 0 Å². The maximum Gasteiger partial charge on any atom is 0.244 e. The van der Waals surface area contributed by atoms with Crippen LogP contribution in [0.15, 0.2) is 29.3 Å². The van der Waals surface area contributed by atoms with E-state index in [0.717, 1.165) is 49.0 Å². The molecule has 1 aromatic carbocycles. The van der Waals surface area contributed by atoms with Crippen molar-refractivity contribution in [3.63, 3.8) is 0 Å². The van der Waals surface area contributed by atoms with Crippen molar-refractivity contribution in [2.24, 2.45) is 4.99 Å². The molecular weight excluding hydrogens is 324 g/mol. The quantitative estimate of drug-likeness (QED) is 0.656. The first-order valence-corrected chi connectivity index (χ1v) is 9.00. The summed E-state index contributed by atoms with van der Waals surface area (Å²) in [7, 11) is 1.95. The normalized spacial score (nSPS) is 15.3. The molecule has 0 aromatic heterocycles. The van der Waals surface area contributed by atoms with E-state index in [1.807, 2.05) is 48.0 Å². The van der Waals surface area contributed by atoms with Gasteiger partial charge in [-0.05, 0) is 37.8 Å². The minimum absolute atomic E-state index is 0.108. The fourth-order valence-corrected chi connectivity index (χ4v) is 3.01. The minimum Gasteiger partial charge on any atom is -0.357 e. The number of hydrogen-bond donors (Lipinski definition) is 1. The number of carbonyl (C=O) groups is 1. The Hall–Kier alpha value is -1.75. The van der Waals surface area contributed by atoms with Gasteiger partial charge in [0.2, 0.25) is 5.91 Å². The van der Waals surface area contributed by atoms with E-state index in [4.69, 9.17) is 11.6 Å². The summed E-state index contributed by atoms with van der Waals surface area (Å²) in [6, 6.07) is 7.78. The first-order valence-electron chi connectivity index (χ1n) is 8.62. The predicted molar refractivity (Wildman–Crippen MR) is 99.3 cm³/mol. The highest BCUT2D eigenvalue weighted by atomic mass is 35.5. The Morgan fingerprint density at radius 3 is 2.67 bits per heavy atom. The number of rotatable bonds is 5. The van der Waals surface area contributed by atoms with Crippen LogP contribution >= 0.6 is 11.6 Å². The average Bonchev–Trinajstić information content (AvgIpc) is 2.61. The van der Waals surface area contributed by atoms with Gasteiger partial charge in [-0.2, -0.15) is 0 Å². The lowest BCUT2D eigenvalue weighted by atomic mass is 10.1. The molecule has 0 atom stereocenters. The molecule has 0 spiro atoms. The summed E-state index contributed by atoms with van der Waals surface area (Å²) in [5.41, 5.74) is 1.04. The zero-order valence-corrected chi connectivity index (χ0v) is 15.4. The molecule has 0 unspecified atom stereocenters. The van der Waals surface area contributed by atoms with E-state index < -0.39 is 0 Å². The number of nitrogens with one attached hydrogen (secondary N) is 1. The van der Waals surface area contributed by atoms with Crippen molar-refractivity contribution in [2.45, 2.75) is 32.7 Å². The summed E-state index contributed by atoms with van der Waals surface area (Å²) in [6.45, 7) is 5.33. The van der Waals surface area contributed by atoms with Crippen LogP contribution in [0, 0.1) is 0 Å². The van der Waals surface area contributed by atoms with Gasteiger partial charge in [-0.15, -0.1) is 0 Å². The molecule has 1 aromatic rings. The van der Waals surface area contributed by atoms with Crippen LogP contribution in [0.3, 0.4) is 0 Å². The molecule has 1 aliphatic rings. The lowest BCUT2D eigenvalue weighted by molar-refractivity contribution is -0.130. The van der Waals surface area contributed by atoms with E-state index in [0.29, 0.717) is 6.54 Å². The predicted octanol–water partition coefficient (Wildman–Crippen LogP) is 2.75. The summed E-state index contributed by atoms with van der Waals surface area (Å²) in [4.78, 5) is 20.7. The van der Waals surface area contributed by atoms with Gasteiger partial charge in [-0.3, -0.25) is 4.79 Å². The first kappa shape index (κ1) is 18.6. The van der Waals surface area contributed by atoms with Crippen molar-refractivity contribution < 1.29 is 4.79 Å². The van der Waals surface area contributed by atoms with E-state index in [-0.39, 0.29) is 12.5 Å². The molecule has 0 saturated carbocycles. The van der Waals surface area contributed by atoms with Gasteiger partial charge in [0.1, 0.15) is 6.54 Å². The molecule has 132 valence electrons. The molecule has 1 heterocycles. The molecule has 1 fully saturated rings. The highest BCUT2D eigenvalue weighted by molar-refractivity contribution is 6.31. The van der Waals surface area contributed by atoms with Crippen molar-refractivity contribution in [1.82, 2.24) is 15.1 Å². The second-order valence-electron chi connectivity index (χ2n) is 6.06. The second-order valence-corrected chi connectivity index (χ2v) is 6.47. The van der Waals surface area contributed by atoms with Gasteiger partial charge in [-0.25, -0.2) is 4.99 Å². The van der Waals surface area contributed by atoms with Crippen molar-refractivity contribution in [3.8, 4) is 0 Å². The maximum atomic E-state index is 12.3. The maximum absolute atomic E-state index is 12.3. The number of likely N-dealkylation sites (tertiary alicyclic amines) is 1. The largest absolute Gasteiger partial charge is 0.357 e. The Kier molecular flexibility index (Phi) is 7.37. The molecule has 1 aliphatic heterocycles. The summed E-state index contributed by atoms with van der Waals surface area (Å²) >= 11 is 6.23. The number of carbonyl (C=O) groups excluding carboxylic acids is 1. The van der Waals surface area contributed by atoms with Crippen LogP contribution in [0.2, 0.25) is 5.02 Å². The van der Waals surface area contributed by atoms with E-state index in [2.05, 4.69) is 10.3 Å². The average molecular weight is 351 g/mol. The molecule has 1 saturated heterocycles. The smallest absolute Gasteiger partial charge is 0.244 e. The summed E-state index contributed by atoms with van der Waals surface area (Å²) in [6.07, 6.45) is 3.42. The molecule has 1 amide bonds. The molecule has 0 bridgehead atoms. The molecule has 24 heavy (non-hydrogen) atoms. The van der Waals surface area contributed by atoms with Crippen molar-refractivity contribution in [2.75, 3.05) is 33.2 Å². The Labute approximate surface area is 149 Å². The molecule has 1 N–H and O–H groups in total. The monoisotopic (exact) mass is 350 g/mol. The number of nitrogens with zero attached hydrogens (tertiary/aromatic N) is 3. The standard InChI is InChI=1S/C18H27ClN4O/c1-3-20-18(21-13-17(24)23-11-7-4-8-12-23)22(2)14-15-9-5-6-10-16(15)19/h5-6,9-10H,3-4,7-8,11-14H2,1-2H3,(H,20,21). The molecule has 5 nitrogen and oxygen atoms in total. The van der Waals surface area contributed by atoms with Crippen molar-refractivity contribution in [1.29, 1.82) is 0 Å². The van der Waals surface area contributed by atoms with Crippen LogP contribution in [-0.4, -0.2) is 54.9 Å². The van der Waals surface area contributed by atoms with Gasteiger partial charge >= 0.3 is 0 Å².